The van der Waals surface area contributed by atoms with E-state index < -0.39 is 0 Å². The Hall–Kier alpha value is -0.870. The molecule has 0 aliphatic heterocycles. The Morgan fingerprint density at radius 1 is 1.35 bits per heavy atom. The zero-order chi connectivity index (χ0) is 12.7. The van der Waals surface area contributed by atoms with Crippen LogP contribution in [0.4, 0.5) is 0 Å². The normalized spacial score (nSPS) is 26.3. The topological polar surface area (TPSA) is 44.8 Å². The van der Waals surface area contributed by atoms with Gasteiger partial charge in [0.2, 0.25) is 0 Å². The van der Waals surface area contributed by atoms with Crippen LogP contribution in [0.5, 0.6) is 0 Å². The van der Waals surface area contributed by atoms with Crippen molar-refractivity contribution >= 4 is 5.97 Å². The molecule has 4 heteroatoms. The molecule has 0 radical (unpaired) electrons. The Bertz CT molecular complexity index is 262. The van der Waals surface area contributed by atoms with Crippen molar-refractivity contribution in [3.05, 3.63) is 12.2 Å². The SMILES string of the molecule is CCOC(C)O[C@@H]1CC=CC[C@H](OC(C)=O)C1. The second kappa shape index (κ2) is 7.45. The van der Waals surface area contributed by atoms with Crippen LogP contribution in [0.15, 0.2) is 12.2 Å². The first-order valence-corrected chi connectivity index (χ1v) is 6.21. The van der Waals surface area contributed by atoms with Crippen molar-refractivity contribution in [2.45, 2.75) is 58.5 Å². The van der Waals surface area contributed by atoms with Gasteiger partial charge in [-0.3, -0.25) is 4.79 Å². The van der Waals surface area contributed by atoms with Crippen molar-refractivity contribution in [2.75, 3.05) is 6.61 Å². The molecule has 3 atom stereocenters. The van der Waals surface area contributed by atoms with Gasteiger partial charge in [0, 0.05) is 26.4 Å². The van der Waals surface area contributed by atoms with Crippen molar-refractivity contribution < 1.29 is 19.0 Å². The number of carbonyl (C=O) groups excluding carboxylic acids is 1. The van der Waals surface area contributed by atoms with Gasteiger partial charge in [-0.25, -0.2) is 0 Å². The molecule has 1 aliphatic carbocycles. The number of esters is 1. The molecule has 1 aliphatic rings. The zero-order valence-electron chi connectivity index (χ0n) is 10.8. The Kier molecular flexibility index (Phi) is 6.22. The van der Waals surface area contributed by atoms with Crippen LogP contribution in [0.2, 0.25) is 0 Å². The second-order valence-corrected chi connectivity index (χ2v) is 4.19. The summed E-state index contributed by atoms with van der Waals surface area (Å²) < 4.78 is 16.3. The second-order valence-electron chi connectivity index (χ2n) is 4.19. The zero-order valence-corrected chi connectivity index (χ0v) is 10.8. The fourth-order valence-electron chi connectivity index (χ4n) is 1.97. The summed E-state index contributed by atoms with van der Waals surface area (Å²) in [6, 6.07) is 0. The van der Waals surface area contributed by atoms with Gasteiger partial charge in [-0.05, 0) is 20.3 Å². The molecule has 0 amide bonds. The van der Waals surface area contributed by atoms with E-state index in [2.05, 4.69) is 6.08 Å². The molecule has 0 saturated carbocycles. The van der Waals surface area contributed by atoms with E-state index in [0.29, 0.717) is 6.61 Å². The highest BCUT2D eigenvalue weighted by Crippen LogP contribution is 2.19. The molecule has 0 N–H and O–H groups in total. The minimum absolute atomic E-state index is 0.0552. The summed E-state index contributed by atoms with van der Waals surface area (Å²) >= 11 is 0. The molecule has 0 bridgehead atoms. The maximum atomic E-state index is 10.9. The molecular weight excluding hydrogens is 220 g/mol. The molecule has 98 valence electrons. The number of carbonyl (C=O) groups is 1. The summed E-state index contributed by atoms with van der Waals surface area (Å²) in [6.45, 7) is 5.90. The summed E-state index contributed by atoms with van der Waals surface area (Å²) in [4.78, 5) is 10.9. The highest BCUT2D eigenvalue weighted by atomic mass is 16.7. The van der Waals surface area contributed by atoms with E-state index >= 15 is 0 Å². The van der Waals surface area contributed by atoms with Gasteiger partial charge in [-0.15, -0.1) is 0 Å². The van der Waals surface area contributed by atoms with Crippen LogP contribution >= 0.6 is 0 Å². The highest BCUT2D eigenvalue weighted by Gasteiger charge is 2.22. The average Bonchev–Trinajstić information content (AvgIpc) is 2.42. The molecule has 0 spiro atoms. The van der Waals surface area contributed by atoms with Crippen LogP contribution < -0.4 is 0 Å². The first-order valence-electron chi connectivity index (χ1n) is 6.21. The van der Waals surface area contributed by atoms with Crippen LogP contribution in [0.3, 0.4) is 0 Å². The van der Waals surface area contributed by atoms with Crippen molar-refractivity contribution in [1.29, 1.82) is 0 Å². The van der Waals surface area contributed by atoms with Crippen LogP contribution in [-0.2, 0) is 19.0 Å². The Labute approximate surface area is 103 Å². The van der Waals surface area contributed by atoms with Crippen molar-refractivity contribution in [3.63, 3.8) is 0 Å². The maximum Gasteiger partial charge on any atom is 0.302 e. The number of ether oxygens (including phenoxy) is 3. The monoisotopic (exact) mass is 242 g/mol. The molecule has 4 nitrogen and oxygen atoms in total. The molecular formula is C13H22O4. The number of hydrogen-bond acceptors (Lipinski definition) is 4. The van der Waals surface area contributed by atoms with Gasteiger partial charge in [0.05, 0.1) is 6.10 Å². The molecule has 1 unspecified atom stereocenters. The first-order chi connectivity index (χ1) is 8.11. The number of rotatable bonds is 5. The molecule has 0 saturated heterocycles. The van der Waals surface area contributed by atoms with Gasteiger partial charge in [-0.1, -0.05) is 12.2 Å². The van der Waals surface area contributed by atoms with Crippen LogP contribution in [0, 0.1) is 0 Å². The smallest absolute Gasteiger partial charge is 0.302 e. The molecule has 0 heterocycles. The van der Waals surface area contributed by atoms with Gasteiger partial charge >= 0.3 is 5.97 Å². The lowest BCUT2D eigenvalue weighted by molar-refractivity contribution is -0.167. The molecule has 0 fully saturated rings. The average molecular weight is 242 g/mol. The lowest BCUT2D eigenvalue weighted by atomic mass is 10.1. The van der Waals surface area contributed by atoms with Crippen molar-refractivity contribution in [3.8, 4) is 0 Å². The van der Waals surface area contributed by atoms with E-state index in [1.54, 1.807) is 0 Å². The van der Waals surface area contributed by atoms with E-state index in [1.807, 2.05) is 19.9 Å². The van der Waals surface area contributed by atoms with Gasteiger partial charge < -0.3 is 14.2 Å². The summed E-state index contributed by atoms with van der Waals surface area (Å²) in [5, 5.41) is 0. The largest absolute Gasteiger partial charge is 0.462 e. The molecule has 0 aromatic heterocycles. The van der Waals surface area contributed by atoms with E-state index in [0.717, 1.165) is 19.3 Å². The van der Waals surface area contributed by atoms with Crippen LogP contribution in [-0.4, -0.2) is 31.1 Å². The summed E-state index contributed by atoms with van der Waals surface area (Å²) in [7, 11) is 0. The summed E-state index contributed by atoms with van der Waals surface area (Å²) in [6.07, 6.45) is 6.22. The molecule has 0 aromatic rings. The third kappa shape index (κ3) is 5.84. The van der Waals surface area contributed by atoms with E-state index in [9.17, 15) is 4.79 Å². The Balaban J connectivity index is 2.43. The third-order valence-electron chi connectivity index (χ3n) is 2.61. The quantitative estimate of drug-likeness (QED) is 0.422. The van der Waals surface area contributed by atoms with E-state index in [-0.39, 0.29) is 24.5 Å². The van der Waals surface area contributed by atoms with Gasteiger partial charge in [0.15, 0.2) is 6.29 Å². The Morgan fingerprint density at radius 2 is 2.00 bits per heavy atom. The van der Waals surface area contributed by atoms with Gasteiger partial charge in [0.1, 0.15) is 6.10 Å². The van der Waals surface area contributed by atoms with Crippen molar-refractivity contribution in [2.24, 2.45) is 0 Å². The predicted molar refractivity (Wildman–Crippen MR) is 64.5 cm³/mol. The van der Waals surface area contributed by atoms with E-state index in [4.69, 9.17) is 14.2 Å². The predicted octanol–water partition coefficient (Wildman–Crippen LogP) is 2.43. The first kappa shape index (κ1) is 14.2. The Morgan fingerprint density at radius 3 is 2.59 bits per heavy atom. The minimum atomic E-state index is -0.234. The van der Waals surface area contributed by atoms with Crippen molar-refractivity contribution in [1.82, 2.24) is 0 Å². The standard InChI is InChI=1S/C13H22O4/c1-4-15-11(3)17-13-8-6-5-7-12(9-13)16-10(2)14/h5-6,11-13H,4,7-9H2,1-3H3/t11?,12-,13+/m0/s1. The highest BCUT2D eigenvalue weighted by molar-refractivity contribution is 5.66. The fraction of sp³-hybridized carbons (Fsp3) is 0.769. The maximum absolute atomic E-state index is 10.9. The van der Waals surface area contributed by atoms with Gasteiger partial charge in [0.25, 0.3) is 0 Å². The fourth-order valence-corrected chi connectivity index (χ4v) is 1.97. The number of hydrogen-bond donors (Lipinski definition) is 0. The van der Waals surface area contributed by atoms with Crippen LogP contribution in [0.25, 0.3) is 0 Å². The molecule has 1 rings (SSSR count). The molecule has 0 aromatic carbocycles. The minimum Gasteiger partial charge on any atom is -0.462 e. The van der Waals surface area contributed by atoms with E-state index in [1.165, 1.54) is 6.92 Å². The lowest BCUT2D eigenvalue weighted by Crippen LogP contribution is -2.27. The third-order valence-corrected chi connectivity index (χ3v) is 2.61. The summed E-state index contributed by atoms with van der Waals surface area (Å²) in [5.74, 6) is -0.234. The molecule has 17 heavy (non-hydrogen) atoms. The lowest BCUT2D eigenvalue weighted by Gasteiger charge is -2.23. The summed E-state index contributed by atoms with van der Waals surface area (Å²) in [5.41, 5.74) is 0. The van der Waals surface area contributed by atoms with Gasteiger partial charge in [-0.2, -0.15) is 0 Å². The van der Waals surface area contributed by atoms with Crippen LogP contribution in [0.1, 0.15) is 40.0 Å².